The van der Waals surface area contributed by atoms with Crippen LogP contribution in [0.5, 0.6) is 0 Å². The van der Waals surface area contributed by atoms with E-state index in [9.17, 15) is 26.3 Å². The first-order chi connectivity index (χ1) is 13.6. The third kappa shape index (κ3) is 3.88. The van der Waals surface area contributed by atoms with Gasteiger partial charge in [0.25, 0.3) is 0 Å². The van der Waals surface area contributed by atoms with Crippen LogP contribution < -0.4 is 0 Å². The molecule has 0 radical (unpaired) electrons. The molecule has 0 amide bonds. The van der Waals surface area contributed by atoms with E-state index in [0.29, 0.717) is 36.2 Å². The number of aromatic nitrogens is 4. The Hall–Kier alpha value is -2.78. The van der Waals surface area contributed by atoms with Crippen LogP contribution in [0.1, 0.15) is 41.1 Å². The maximum Gasteiger partial charge on any atom is 0.435 e. The zero-order valence-electron chi connectivity index (χ0n) is 15.1. The van der Waals surface area contributed by atoms with Crippen molar-refractivity contribution in [2.45, 2.75) is 44.6 Å². The van der Waals surface area contributed by atoms with E-state index in [2.05, 4.69) is 10.2 Å². The Balaban J connectivity index is 1.60. The maximum absolute atomic E-state index is 13.3. The molecule has 10 heteroatoms. The molecule has 0 N–H and O–H groups in total. The molecule has 3 aromatic rings. The fourth-order valence-corrected chi connectivity index (χ4v) is 3.57. The molecule has 154 valence electrons. The van der Waals surface area contributed by atoms with Crippen molar-refractivity contribution in [2.24, 2.45) is 0 Å². The third-order valence-corrected chi connectivity index (χ3v) is 4.91. The monoisotopic (exact) mass is 414 g/mol. The van der Waals surface area contributed by atoms with Crippen LogP contribution in [0.3, 0.4) is 0 Å². The van der Waals surface area contributed by atoms with Crippen molar-refractivity contribution in [3.05, 3.63) is 64.7 Å². The van der Waals surface area contributed by atoms with Gasteiger partial charge < -0.3 is 0 Å². The van der Waals surface area contributed by atoms with Gasteiger partial charge in [-0.3, -0.25) is 4.68 Å². The molecule has 2 heterocycles. The number of hydrogen-bond acceptors (Lipinski definition) is 2. The number of rotatable bonds is 3. The SMILES string of the molecule is FC(F)(F)c1ccn(Cc2ccc(-n3nc(C(F)(F)F)c4c3CCCC4)cc2)n1. The number of benzene rings is 1. The van der Waals surface area contributed by atoms with Gasteiger partial charge in [0.15, 0.2) is 11.4 Å². The lowest BCUT2D eigenvalue weighted by Gasteiger charge is -2.15. The van der Waals surface area contributed by atoms with Gasteiger partial charge in [0.05, 0.1) is 12.2 Å². The maximum atomic E-state index is 13.3. The first-order valence-corrected chi connectivity index (χ1v) is 9.01. The number of hydrogen-bond donors (Lipinski definition) is 0. The summed E-state index contributed by atoms with van der Waals surface area (Å²) in [6.07, 6.45) is -5.42. The molecule has 0 aliphatic heterocycles. The summed E-state index contributed by atoms with van der Waals surface area (Å²) in [6, 6.07) is 7.42. The molecule has 0 atom stereocenters. The predicted molar refractivity (Wildman–Crippen MR) is 91.5 cm³/mol. The molecule has 1 aliphatic carbocycles. The van der Waals surface area contributed by atoms with E-state index >= 15 is 0 Å². The first-order valence-electron chi connectivity index (χ1n) is 9.01. The summed E-state index contributed by atoms with van der Waals surface area (Å²) in [5, 5.41) is 7.32. The highest BCUT2D eigenvalue weighted by atomic mass is 19.4. The van der Waals surface area contributed by atoms with Crippen molar-refractivity contribution >= 4 is 0 Å². The average Bonchev–Trinajstić information content (AvgIpc) is 3.27. The molecule has 0 saturated heterocycles. The summed E-state index contributed by atoms with van der Waals surface area (Å²) in [5.41, 5.74) is 0.160. The van der Waals surface area contributed by atoms with Crippen molar-refractivity contribution < 1.29 is 26.3 Å². The van der Waals surface area contributed by atoms with E-state index in [-0.39, 0.29) is 12.1 Å². The normalized spacial score (nSPS) is 14.8. The predicted octanol–water partition coefficient (Wildman–Crippen LogP) is 5.03. The van der Waals surface area contributed by atoms with Gasteiger partial charge in [-0.15, -0.1) is 0 Å². The Morgan fingerprint density at radius 2 is 1.52 bits per heavy atom. The van der Waals surface area contributed by atoms with E-state index in [4.69, 9.17) is 0 Å². The van der Waals surface area contributed by atoms with Gasteiger partial charge in [0.2, 0.25) is 0 Å². The lowest BCUT2D eigenvalue weighted by Crippen LogP contribution is -2.11. The van der Waals surface area contributed by atoms with Crippen LogP contribution in [0.2, 0.25) is 0 Å². The van der Waals surface area contributed by atoms with Crippen molar-refractivity contribution in [1.29, 1.82) is 0 Å². The fourth-order valence-electron chi connectivity index (χ4n) is 3.57. The first kappa shape index (κ1) is 19.5. The van der Waals surface area contributed by atoms with Gasteiger partial charge in [0, 0.05) is 17.5 Å². The molecule has 0 bridgehead atoms. The van der Waals surface area contributed by atoms with E-state index in [1.54, 1.807) is 24.3 Å². The van der Waals surface area contributed by atoms with Gasteiger partial charge >= 0.3 is 12.4 Å². The molecule has 1 aromatic carbocycles. The highest BCUT2D eigenvalue weighted by Gasteiger charge is 2.39. The van der Waals surface area contributed by atoms with E-state index in [0.717, 1.165) is 17.2 Å². The van der Waals surface area contributed by atoms with Crippen molar-refractivity contribution in [3.63, 3.8) is 0 Å². The molecule has 0 unspecified atom stereocenters. The number of nitrogens with zero attached hydrogens (tertiary/aromatic N) is 4. The molecule has 0 fully saturated rings. The minimum absolute atomic E-state index is 0.112. The van der Waals surface area contributed by atoms with Crippen LogP contribution in [-0.2, 0) is 31.7 Å². The number of halogens is 6. The second-order valence-corrected chi connectivity index (χ2v) is 6.95. The van der Waals surface area contributed by atoms with Gasteiger partial charge in [-0.05, 0) is 49.4 Å². The fraction of sp³-hybridized carbons (Fsp3) is 0.368. The van der Waals surface area contributed by atoms with Crippen LogP contribution >= 0.6 is 0 Å². The Kier molecular flexibility index (Phi) is 4.66. The van der Waals surface area contributed by atoms with Gasteiger partial charge in [-0.25, -0.2) is 4.68 Å². The summed E-state index contributed by atoms with van der Waals surface area (Å²) < 4.78 is 80.4. The van der Waals surface area contributed by atoms with Crippen LogP contribution in [-0.4, -0.2) is 19.6 Å². The summed E-state index contributed by atoms with van der Waals surface area (Å²) in [5.74, 6) is 0. The lowest BCUT2D eigenvalue weighted by atomic mass is 9.95. The molecule has 4 nitrogen and oxygen atoms in total. The summed E-state index contributed by atoms with van der Waals surface area (Å²) in [4.78, 5) is 0. The smallest absolute Gasteiger partial charge is 0.268 e. The van der Waals surface area contributed by atoms with Gasteiger partial charge in [-0.2, -0.15) is 36.5 Å². The zero-order chi connectivity index (χ0) is 20.8. The van der Waals surface area contributed by atoms with Crippen LogP contribution in [0, 0.1) is 0 Å². The highest BCUT2D eigenvalue weighted by molar-refractivity contribution is 5.41. The third-order valence-electron chi connectivity index (χ3n) is 4.91. The molecular formula is C19H16F6N4. The minimum atomic E-state index is -4.51. The molecule has 2 aromatic heterocycles. The molecular weight excluding hydrogens is 398 g/mol. The van der Waals surface area contributed by atoms with Crippen molar-refractivity contribution in [1.82, 2.24) is 19.6 Å². The Morgan fingerprint density at radius 1 is 0.828 bits per heavy atom. The summed E-state index contributed by atoms with van der Waals surface area (Å²) in [6.45, 7) is 0.112. The summed E-state index contributed by atoms with van der Waals surface area (Å²) >= 11 is 0. The highest BCUT2D eigenvalue weighted by Crippen LogP contribution is 2.36. The average molecular weight is 414 g/mol. The topological polar surface area (TPSA) is 35.6 Å². The van der Waals surface area contributed by atoms with Gasteiger partial charge in [0.1, 0.15) is 0 Å². The molecule has 0 saturated carbocycles. The summed E-state index contributed by atoms with van der Waals surface area (Å²) in [7, 11) is 0. The quantitative estimate of drug-likeness (QED) is 0.564. The second-order valence-electron chi connectivity index (χ2n) is 6.95. The molecule has 0 spiro atoms. The minimum Gasteiger partial charge on any atom is -0.268 e. The number of fused-ring (bicyclic) bond motifs is 1. The van der Waals surface area contributed by atoms with Crippen LogP contribution in [0.15, 0.2) is 36.5 Å². The van der Waals surface area contributed by atoms with Crippen LogP contribution in [0.4, 0.5) is 26.3 Å². The van der Waals surface area contributed by atoms with E-state index in [1.165, 1.54) is 10.9 Å². The molecule has 29 heavy (non-hydrogen) atoms. The van der Waals surface area contributed by atoms with Crippen LogP contribution in [0.25, 0.3) is 5.69 Å². The lowest BCUT2D eigenvalue weighted by molar-refractivity contribution is -0.142. The zero-order valence-corrected chi connectivity index (χ0v) is 15.1. The Morgan fingerprint density at radius 3 is 2.14 bits per heavy atom. The molecule has 1 aliphatic rings. The molecule has 4 rings (SSSR count). The van der Waals surface area contributed by atoms with Crippen molar-refractivity contribution in [3.8, 4) is 5.69 Å². The standard InChI is InChI=1S/C19H16F6N4/c20-18(21,22)16-9-10-28(26-16)11-12-5-7-13(8-6-12)29-15-4-2-1-3-14(15)17(27-29)19(23,24)25/h5-10H,1-4,11H2. The Labute approximate surface area is 161 Å². The number of alkyl halides is 6. The van der Waals surface area contributed by atoms with E-state index in [1.807, 2.05) is 0 Å². The Bertz CT molecular complexity index is 1010. The largest absolute Gasteiger partial charge is 0.435 e. The van der Waals surface area contributed by atoms with Crippen molar-refractivity contribution in [2.75, 3.05) is 0 Å². The van der Waals surface area contributed by atoms with Gasteiger partial charge in [-0.1, -0.05) is 12.1 Å². The van der Waals surface area contributed by atoms with E-state index < -0.39 is 23.7 Å². The second kappa shape index (κ2) is 6.93.